The zero-order valence-electron chi connectivity index (χ0n) is 12.4. The molecular formula is C17H13BrClFN2O2. The summed E-state index contributed by atoms with van der Waals surface area (Å²) in [6, 6.07) is 8.57. The molecule has 1 saturated carbocycles. The quantitative estimate of drug-likeness (QED) is 0.740. The Kier molecular flexibility index (Phi) is 4.87. The normalized spacial score (nSPS) is 13.5. The fourth-order valence-electron chi connectivity index (χ4n) is 2.33. The predicted octanol–water partition coefficient (Wildman–Crippen LogP) is 5.08. The van der Waals surface area contributed by atoms with Gasteiger partial charge in [0.1, 0.15) is 5.82 Å². The Hall–Kier alpha value is -1.92. The van der Waals surface area contributed by atoms with Gasteiger partial charge in [0, 0.05) is 4.47 Å². The zero-order chi connectivity index (χ0) is 17.3. The summed E-state index contributed by atoms with van der Waals surface area (Å²) in [5.74, 6) is -1.13. The summed E-state index contributed by atoms with van der Waals surface area (Å²) in [5.41, 5.74) is 1.01. The van der Waals surface area contributed by atoms with Crippen LogP contribution in [0.4, 0.5) is 14.9 Å². The van der Waals surface area contributed by atoms with Crippen LogP contribution in [-0.4, -0.2) is 11.9 Å². The molecule has 2 N–H and O–H groups in total. The lowest BCUT2D eigenvalue weighted by Gasteiger charge is -2.10. The molecule has 0 unspecified atom stereocenters. The first-order chi connectivity index (χ1) is 11.5. The number of rotatable bonds is 3. The Morgan fingerprint density at radius 3 is 2.58 bits per heavy atom. The number of para-hydroxylation sites is 1. The molecule has 2 aromatic rings. The number of carbonyl (C=O) groups excluding carboxylic acids is 2. The van der Waals surface area contributed by atoms with E-state index in [4.69, 9.17) is 11.6 Å². The van der Waals surface area contributed by atoms with Gasteiger partial charge in [0.05, 0.1) is 16.3 Å². The van der Waals surface area contributed by atoms with Gasteiger partial charge in [-0.1, -0.05) is 39.7 Å². The van der Waals surface area contributed by atoms with E-state index in [1.165, 1.54) is 12.1 Å². The van der Waals surface area contributed by atoms with Crippen molar-refractivity contribution in [2.75, 3.05) is 5.32 Å². The topological polar surface area (TPSA) is 58.2 Å². The van der Waals surface area contributed by atoms with Gasteiger partial charge in [0.2, 0.25) is 0 Å². The number of benzene rings is 2. The molecule has 3 amide bonds. The van der Waals surface area contributed by atoms with Gasteiger partial charge in [-0.25, -0.2) is 9.18 Å². The van der Waals surface area contributed by atoms with Gasteiger partial charge in [-0.05, 0) is 48.6 Å². The Morgan fingerprint density at radius 1 is 1.21 bits per heavy atom. The van der Waals surface area contributed by atoms with Gasteiger partial charge in [-0.15, -0.1) is 0 Å². The zero-order valence-corrected chi connectivity index (χ0v) is 14.7. The van der Waals surface area contributed by atoms with E-state index in [1.807, 2.05) is 0 Å². The molecular weight excluding hydrogens is 399 g/mol. The number of hydrogen-bond donors (Lipinski definition) is 2. The molecule has 0 bridgehead atoms. The minimum absolute atomic E-state index is 0.194. The molecule has 124 valence electrons. The third-order valence-electron chi connectivity index (χ3n) is 3.70. The fraction of sp³-hybridized carbons (Fsp3) is 0.176. The van der Waals surface area contributed by atoms with Crippen LogP contribution in [0.15, 0.2) is 40.9 Å². The highest BCUT2D eigenvalue weighted by Gasteiger charge is 2.28. The second-order valence-corrected chi connectivity index (χ2v) is 6.78. The minimum Gasteiger partial charge on any atom is -0.306 e. The van der Waals surface area contributed by atoms with Gasteiger partial charge in [-0.3, -0.25) is 10.1 Å². The molecule has 1 aliphatic carbocycles. The first-order valence-electron chi connectivity index (χ1n) is 7.31. The van der Waals surface area contributed by atoms with Crippen molar-refractivity contribution in [3.8, 4) is 0 Å². The van der Waals surface area contributed by atoms with Crippen LogP contribution in [0, 0.1) is 5.82 Å². The van der Waals surface area contributed by atoms with E-state index >= 15 is 0 Å². The average molecular weight is 412 g/mol. The summed E-state index contributed by atoms with van der Waals surface area (Å²) in [7, 11) is 0. The standard InChI is InChI=1S/C17H13BrClFN2O2/c18-12-7-11(14(20)8-10(12)9-5-6-9)16(23)22-17(24)21-15-4-2-1-3-13(15)19/h1-4,7-9H,5-6H2,(H2,21,22,23,24). The molecule has 24 heavy (non-hydrogen) atoms. The van der Waals surface area contributed by atoms with E-state index < -0.39 is 17.8 Å². The second-order valence-electron chi connectivity index (χ2n) is 5.52. The predicted molar refractivity (Wildman–Crippen MR) is 94.0 cm³/mol. The molecule has 0 saturated heterocycles. The lowest BCUT2D eigenvalue weighted by molar-refractivity contribution is 0.0963. The van der Waals surface area contributed by atoms with Crippen LogP contribution in [0.3, 0.4) is 0 Å². The van der Waals surface area contributed by atoms with Crippen molar-refractivity contribution in [2.45, 2.75) is 18.8 Å². The number of hydrogen-bond acceptors (Lipinski definition) is 2. The van der Waals surface area contributed by atoms with Crippen molar-refractivity contribution in [2.24, 2.45) is 0 Å². The average Bonchev–Trinajstić information content (AvgIpc) is 3.36. The monoisotopic (exact) mass is 410 g/mol. The number of imide groups is 1. The largest absolute Gasteiger partial charge is 0.326 e. The number of halogens is 3. The number of nitrogens with one attached hydrogen (secondary N) is 2. The fourth-order valence-corrected chi connectivity index (χ4v) is 3.18. The molecule has 0 aliphatic heterocycles. The molecule has 0 radical (unpaired) electrons. The van der Waals surface area contributed by atoms with E-state index in [-0.39, 0.29) is 5.56 Å². The molecule has 1 aliphatic rings. The summed E-state index contributed by atoms with van der Waals surface area (Å²) >= 11 is 9.28. The van der Waals surface area contributed by atoms with Crippen molar-refractivity contribution in [1.82, 2.24) is 5.32 Å². The number of anilines is 1. The van der Waals surface area contributed by atoms with Crippen LogP contribution in [0.1, 0.15) is 34.7 Å². The summed E-state index contributed by atoms with van der Waals surface area (Å²) in [4.78, 5) is 24.0. The molecule has 0 spiro atoms. The summed E-state index contributed by atoms with van der Waals surface area (Å²) in [6.07, 6.45) is 2.04. The SMILES string of the molecule is O=C(NC(=O)c1cc(Br)c(C2CC2)cc1F)Nc1ccccc1Cl. The van der Waals surface area contributed by atoms with Crippen molar-refractivity contribution in [3.63, 3.8) is 0 Å². The molecule has 4 nitrogen and oxygen atoms in total. The highest BCUT2D eigenvalue weighted by Crippen LogP contribution is 2.43. The van der Waals surface area contributed by atoms with Gasteiger partial charge in [-0.2, -0.15) is 0 Å². The molecule has 2 aromatic carbocycles. The number of amides is 3. The van der Waals surface area contributed by atoms with Crippen molar-refractivity contribution < 1.29 is 14.0 Å². The van der Waals surface area contributed by atoms with Crippen molar-refractivity contribution in [1.29, 1.82) is 0 Å². The third kappa shape index (κ3) is 3.76. The smallest absolute Gasteiger partial charge is 0.306 e. The Labute approximate surface area is 151 Å². The summed E-state index contributed by atoms with van der Waals surface area (Å²) in [6.45, 7) is 0. The molecule has 1 fully saturated rings. The molecule has 0 heterocycles. The minimum atomic E-state index is -0.819. The molecule has 0 aromatic heterocycles. The Balaban J connectivity index is 1.71. The third-order valence-corrected chi connectivity index (χ3v) is 4.71. The molecule has 7 heteroatoms. The molecule has 0 atom stereocenters. The summed E-state index contributed by atoms with van der Waals surface area (Å²) < 4.78 is 14.8. The van der Waals surface area contributed by atoms with Crippen LogP contribution in [0.2, 0.25) is 5.02 Å². The maximum Gasteiger partial charge on any atom is 0.326 e. The maximum absolute atomic E-state index is 14.2. The molecule has 3 rings (SSSR count). The Morgan fingerprint density at radius 2 is 1.92 bits per heavy atom. The van der Waals surface area contributed by atoms with Crippen LogP contribution in [0.5, 0.6) is 0 Å². The first-order valence-corrected chi connectivity index (χ1v) is 8.48. The number of carbonyl (C=O) groups is 2. The number of urea groups is 1. The lowest BCUT2D eigenvalue weighted by Crippen LogP contribution is -2.35. The van der Waals surface area contributed by atoms with E-state index in [2.05, 4.69) is 26.6 Å². The van der Waals surface area contributed by atoms with Crippen LogP contribution < -0.4 is 10.6 Å². The van der Waals surface area contributed by atoms with Crippen molar-refractivity contribution >= 4 is 45.2 Å². The highest BCUT2D eigenvalue weighted by atomic mass is 79.9. The van der Waals surface area contributed by atoms with Gasteiger partial charge in [0.25, 0.3) is 5.91 Å². The highest BCUT2D eigenvalue weighted by molar-refractivity contribution is 9.10. The summed E-state index contributed by atoms with van der Waals surface area (Å²) in [5, 5.41) is 4.88. The first kappa shape index (κ1) is 16.9. The van der Waals surface area contributed by atoms with Crippen molar-refractivity contribution in [3.05, 3.63) is 62.8 Å². The van der Waals surface area contributed by atoms with Crippen LogP contribution in [0.25, 0.3) is 0 Å². The second kappa shape index (κ2) is 6.91. The van der Waals surface area contributed by atoms with Crippen LogP contribution >= 0.6 is 27.5 Å². The van der Waals surface area contributed by atoms with E-state index in [0.717, 1.165) is 18.4 Å². The van der Waals surface area contributed by atoms with Gasteiger partial charge in [0.15, 0.2) is 0 Å². The van der Waals surface area contributed by atoms with Gasteiger partial charge < -0.3 is 5.32 Å². The van der Waals surface area contributed by atoms with E-state index in [1.54, 1.807) is 24.3 Å². The maximum atomic E-state index is 14.2. The van der Waals surface area contributed by atoms with E-state index in [9.17, 15) is 14.0 Å². The Bertz CT molecular complexity index is 824. The van der Waals surface area contributed by atoms with Gasteiger partial charge >= 0.3 is 6.03 Å². The lowest BCUT2D eigenvalue weighted by atomic mass is 10.1. The van der Waals surface area contributed by atoms with Crippen LogP contribution in [-0.2, 0) is 0 Å². The van der Waals surface area contributed by atoms with E-state index in [0.29, 0.717) is 21.1 Å².